The molecule has 3 aliphatic rings. The number of phenols is 1. The summed E-state index contributed by atoms with van der Waals surface area (Å²) in [6, 6.07) is 6.79. The van der Waals surface area contributed by atoms with Crippen molar-refractivity contribution in [1.82, 2.24) is 5.32 Å². The largest absolute Gasteiger partial charge is 0.508 e. The van der Waals surface area contributed by atoms with Crippen molar-refractivity contribution in [2.45, 2.75) is 58.3 Å². The summed E-state index contributed by atoms with van der Waals surface area (Å²) >= 11 is 0. The number of nitrogens with one attached hydrogen (secondary N) is 1. The molecule has 1 spiro atoms. The average Bonchev–Trinajstić information content (AvgIpc) is 3.05. The zero-order valence-electron chi connectivity index (χ0n) is 19.8. The van der Waals surface area contributed by atoms with Gasteiger partial charge in [-0.25, -0.2) is 0 Å². The van der Waals surface area contributed by atoms with Gasteiger partial charge in [0.2, 0.25) is 5.91 Å². The molecule has 1 saturated heterocycles. The average molecular weight is 452 g/mol. The molecule has 2 aliphatic carbocycles. The van der Waals surface area contributed by atoms with Gasteiger partial charge in [0.15, 0.2) is 0 Å². The molecule has 1 amide bonds. The monoisotopic (exact) mass is 451 g/mol. The molecule has 4 rings (SSSR count). The molecule has 1 heterocycles. The van der Waals surface area contributed by atoms with Gasteiger partial charge in [-0.2, -0.15) is 0 Å². The topological polar surface area (TPSA) is 89.8 Å². The molecule has 9 atom stereocenters. The van der Waals surface area contributed by atoms with Crippen molar-refractivity contribution in [2.24, 2.45) is 35.0 Å². The lowest BCUT2D eigenvalue weighted by Crippen LogP contribution is -2.59. The quantitative estimate of drug-likeness (QED) is 0.516. The van der Waals surface area contributed by atoms with Crippen molar-refractivity contribution in [3.63, 3.8) is 0 Å². The SMILES string of the molecule is C=C1[C@@H](C)[C@H]2[C@H](Cc3ccc(O)cc3)NC(=O)[C@]23[C@H](O)C=C[C@@H](C)C[C@@H](C)CC=C[C@H]3[C@@H]1O. The Balaban J connectivity index is 1.82. The van der Waals surface area contributed by atoms with Crippen LogP contribution in [-0.2, 0) is 11.2 Å². The van der Waals surface area contributed by atoms with E-state index in [2.05, 4.69) is 31.8 Å². The van der Waals surface area contributed by atoms with E-state index >= 15 is 0 Å². The number of aromatic hydroxyl groups is 1. The lowest BCUT2D eigenvalue weighted by molar-refractivity contribution is -0.147. The van der Waals surface area contributed by atoms with Crippen LogP contribution in [0.4, 0.5) is 0 Å². The van der Waals surface area contributed by atoms with Crippen molar-refractivity contribution in [3.05, 3.63) is 66.3 Å². The number of allylic oxidation sites excluding steroid dienone is 2. The minimum absolute atomic E-state index is 0.157. The van der Waals surface area contributed by atoms with E-state index in [1.165, 1.54) is 0 Å². The Kier molecular flexibility index (Phi) is 6.56. The predicted octanol–water partition coefficient (Wildman–Crippen LogP) is 3.76. The minimum Gasteiger partial charge on any atom is -0.508 e. The van der Waals surface area contributed by atoms with Gasteiger partial charge in [-0.3, -0.25) is 4.79 Å². The highest BCUT2D eigenvalue weighted by Gasteiger charge is 2.67. The second-order valence-corrected chi connectivity index (χ2v) is 10.6. The molecule has 1 aromatic carbocycles. The van der Waals surface area contributed by atoms with Crippen LogP contribution >= 0.6 is 0 Å². The van der Waals surface area contributed by atoms with E-state index in [1.807, 2.05) is 31.2 Å². The van der Waals surface area contributed by atoms with Crippen LogP contribution in [0.5, 0.6) is 5.75 Å². The number of carbonyl (C=O) groups excluding carboxylic acids is 1. The minimum atomic E-state index is -1.18. The summed E-state index contributed by atoms with van der Waals surface area (Å²) in [5, 5.41) is 35.8. The molecule has 0 bridgehead atoms. The Morgan fingerprint density at radius 1 is 1.09 bits per heavy atom. The Morgan fingerprint density at radius 3 is 2.48 bits per heavy atom. The van der Waals surface area contributed by atoms with E-state index in [-0.39, 0.29) is 35.5 Å². The highest BCUT2D eigenvalue weighted by atomic mass is 16.3. The number of hydrogen-bond acceptors (Lipinski definition) is 4. The third kappa shape index (κ3) is 4.06. The third-order valence-corrected chi connectivity index (χ3v) is 8.25. The third-order valence-electron chi connectivity index (χ3n) is 8.25. The number of aliphatic hydroxyl groups is 2. The van der Waals surface area contributed by atoms with Gasteiger partial charge in [0, 0.05) is 17.9 Å². The van der Waals surface area contributed by atoms with Gasteiger partial charge in [0.05, 0.1) is 17.6 Å². The van der Waals surface area contributed by atoms with Crippen LogP contribution in [0.1, 0.15) is 39.2 Å². The molecule has 0 radical (unpaired) electrons. The molecule has 1 aromatic rings. The Labute approximate surface area is 196 Å². The highest BCUT2D eigenvalue weighted by molar-refractivity contribution is 5.88. The number of phenolic OH excluding ortho intramolecular Hbond substituents is 1. The molecule has 1 saturated carbocycles. The summed E-state index contributed by atoms with van der Waals surface area (Å²) in [5.74, 6) is -0.214. The van der Waals surface area contributed by atoms with Crippen LogP contribution in [0.2, 0.25) is 0 Å². The maximum absolute atomic E-state index is 13.8. The molecular weight excluding hydrogens is 414 g/mol. The predicted molar refractivity (Wildman–Crippen MR) is 129 cm³/mol. The Bertz CT molecular complexity index is 951. The van der Waals surface area contributed by atoms with Gasteiger partial charge in [0.25, 0.3) is 0 Å². The first-order valence-electron chi connectivity index (χ1n) is 12.1. The van der Waals surface area contributed by atoms with Gasteiger partial charge in [-0.1, -0.05) is 63.8 Å². The number of aliphatic hydroxyl groups excluding tert-OH is 2. The molecule has 4 N–H and O–H groups in total. The molecule has 178 valence electrons. The molecule has 0 aromatic heterocycles. The van der Waals surface area contributed by atoms with E-state index in [0.29, 0.717) is 17.9 Å². The van der Waals surface area contributed by atoms with Crippen molar-refractivity contribution in [3.8, 4) is 5.75 Å². The normalized spacial score (nSPS) is 41.1. The lowest BCUT2D eigenvalue weighted by atomic mass is 9.51. The van der Waals surface area contributed by atoms with Crippen LogP contribution in [0.25, 0.3) is 0 Å². The summed E-state index contributed by atoms with van der Waals surface area (Å²) in [6.07, 6.45) is 8.35. The van der Waals surface area contributed by atoms with Gasteiger partial charge in [-0.15, -0.1) is 0 Å². The highest BCUT2D eigenvalue weighted by Crippen LogP contribution is 2.57. The maximum Gasteiger partial charge on any atom is 0.230 e. The van der Waals surface area contributed by atoms with E-state index in [4.69, 9.17) is 0 Å². The first-order chi connectivity index (χ1) is 15.7. The first-order valence-corrected chi connectivity index (χ1v) is 12.1. The summed E-state index contributed by atoms with van der Waals surface area (Å²) in [7, 11) is 0. The number of hydrogen-bond donors (Lipinski definition) is 4. The van der Waals surface area contributed by atoms with E-state index in [9.17, 15) is 20.1 Å². The summed E-state index contributed by atoms with van der Waals surface area (Å²) in [6.45, 7) is 10.6. The second-order valence-electron chi connectivity index (χ2n) is 10.6. The fourth-order valence-corrected chi connectivity index (χ4v) is 6.57. The summed E-state index contributed by atoms with van der Waals surface area (Å²) in [4.78, 5) is 13.8. The molecule has 5 heteroatoms. The van der Waals surface area contributed by atoms with Crippen molar-refractivity contribution >= 4 is 5.91 Å². The fourth-order valence-electron chi connectivity index (χ4n) is 6.57. The summed E-state index contributed by atoms with van der Waals surface area (Å²) in [5.41, 5.74) is 0.530. The van der Waals surface area contributed by atoms with Gasteiger partial charge in [-0.05, 0) is 60.3 Å². The molecule has 5 nitrogen and oxygen atoms in total. The Morgan fingerprint density at radius 2 is 1.79 bits per heavy atom. The molecule has 33 heavy (non-hydrogen) atoms. The van der Waals surface area contributed by atoms with Crippen LogP contribution in [0.3, 0.4) is 0 Å². The van der Waals surface area contributed by atoms with Crippen molar-refractivity contribution in [1.29, 1.82) is 0 Å². The molecule has 2 fully saturated rings. The Hall–Kier alpha value is -2.37. The van der Waals surface area contributed by atoms with Crippen LogP contribution in [0, 0.1) is 35.0 Å². The first kappa shape index (κ1) is 23.8. The van der Waals surface area contributed by atoms with E-state index in [0.717, 1.165) is 18.4 Å². The van der Waals surface area contributed by atoms with Crippen LogP contribution in [0.15, 0.2) is 60.7 Å². The molecular formula is C28H37NO4. The summed E-state index contributed by atoms with van der Waals surface area (Å²) < 4.78 is 0. The van der Waals surface area contributed by atoms with Crippen LogP contribution in [-0.4, -0.2) is 39.5 Å². The number of rotatable bonds is 2. The molecule has 1 aliphatic heterocycles. The fraction of sp³-hybridized carbons (Fsp3) is 0.536. The molecule has 0 unspecified atom stereocenters. The zero-order chi connectivity index (χ0) is 23.9. The standard InChI is InChI=1S/C28H37NO4/c1-16-6-5-7-22-26(32)19(4)18(3)25-23(15-20-9-11-21(30)12-10-20)29-27(33)28(22,25)24(31)13-8-17(2)14-16/h5,7-13,16-18,22-26,30-32H,4,6,14-15H2,1-3H3,(H,29,33)/t16-,17+,18+,22-,23-,24+,25-,26+,28+/m0/s1. The van der Waals surface area contributed by atoms with Crippen LogP contribution < -0.4 is 5.32 Å². The van der Waals surface area contributed by atoms with Gasteiger partial charge >= 0.3 is 0 Å². The number of amides is 1. The van der Waals surface area contributed by atoms with E-state index < -0.39 is 23.5 Å². The van der Waals surface area contributed by atoms with E-state index in [1.54, 1.807) is 18.2 Å². The maximum atomic E-state index is 13.8. The second kappa shape index (κ2) is 9.11. The number of benzene rings is 1. The smallest absolute Gasteiger partial charge is 0.230 e. The van der Waals surface area contributed by atoms with Crippen molar-refractivity contribution < 1.29 is 20.1 Å². The zero-order valence-corrected chi connectivity index (χ0v) is 19.8. The number of carbonyl (C=O) groups is 1. The van der Waals surface area contributed by atoms with Gasteiger partial charge < -0.3 is 20.6 Å². The van der Waals surface area contributed by atoms with Crippen molar-refractivity contribution in [2.75, 3.05) is 0 Å². The van der Waals surface area contributed by atoms with Gasteiger partial charge in [0.1, 0.15) is 5.75 Å². The lowest BCUT2D eigenvalue weighted by Gasteiger charge is -2.51.